The number of ether oxygens (including phenoxy) is 4. The van der Waals surface area contributed by atoms with Gasteiger partial charge < -0.3 is 39.4 Å². The molecule has 1 aliphatic rings. The lowest BCUT2D eigenvalue weighted by Crippen LogP contribution is -2.59. The first-order valence-corrected chi connectivity index (χ1v) is 21.6. The fourth-order valence-corrected chi connectivity index (χ4v) is 6.78. The van der Waals surface area contributed by atoms with Crippen LogP contribution in [0.4, 0.5) is 0 Å². The van der Waals surface area contributed by atoms with E-state index in [1.807, 2.05) is 0 Å². The normalized spacial score (nSPS) is 20.9. The predicted molar refractivity (Wildman–Crippen MR) is 206 cm³/mol. The molecule has 4 N–H and O–H groups in total. The Kier molecular flexibility index (Phi) is 32.1. The van der Waals surface area contributed by atoms with E-state index < -0.39 is 49.4 Å². The van der Waals surface area contributed by atoms with Crippen LogP contribution in [0.2, 0.25) is 0 Å². The van der Waals surface area contributed by atoms with Crippen molar-refractivity contribution in [2.24, 2.45) is 0 Å². The first kappa shape index (κ1) is 48.7. The molecule has 6 unspecified atom stereocenters. The summed E-state index contributed by atoms with van der Waals surface area (Å²) in [6, 6.07) is 0. The maximum Gasteiger partial charge on any atom is 0.306 e. The number of hydrogen-bond acceptors (Lipinski definition) is 10. The summed E-state index contributed by atoms with van der Waals surface area (Å²) in [5.41, 5.74) is 0. The summed E-state index contributed by atoms with van der Waals surface area (Å²) in [7, 11) is 0. The second-order valence-electron chi connectivity index (χ2n) is 15.2. The SMILES string of the molecule is CCCCCCCCCCCCCCCCCC(=O)OC(COC(=O)CCCCCCCCCCCCCC)COC1OC(CO)C(O)C(O)C1O. The van der Waals surface area contributed by atoms with E-state index in [9.17, 15) is 30.0 Å². The molecule has 0 spiro atoms. The molecule has 1 fully saturated rings. The number of aliphatic hydroxyl groups excluding tert-OH is 4. The maximum absolute atomic E-state index is 12.7. The lowest BCUT2D eigenvalue weighted by Gasteiger charge is -2.39. The van der Waals surface area contributed by atoms with Crippen LogP contribution < -0.4 is 0 Å². The van der Waals surface area contributed by atoms with Gasteiger partial charge in [0.25, 0.3) is 0 Å². The largest absolute Gasteiger partial charge is 0.462 e. The molecule has 0 aromatic rings. The molecule has 0 amide bonds. The monoisotopic (exact) mass is 745 g/mol. The molecule has 10 heteroatoms. The third-order valence-electron chi connectivity index (χ3n) is 10.2. The van der Waals surface area contributed by atoms with Crippen LogP contribution in [0, 0.1) is 0 Å². The van der Waals surface area contributed by atoms with E-state index in [4.69, 9.17) is 18.9 Å². The van der Waals surface area contributed by atoms with Gasteiger partial charge in [-0.05, 0) is 12.8 Å². The van der Waals surface area contributed by atoms with Gasteiger partial charge in [-0.1, -0.05) is 174 Å². The number of unbranched alkanes of at least 4 members (excludes halogenated alkanes) is 25. The van der Waals surface area contributed by atoms with E-state index in [1.54, 1.807) is 0 Å². The number of carbonyl (C=O) groups excluding carboxylic acids is 2. The van der Waals surface area contributed by atoms with Crippen LogP contribution in [-0.4, -0.2) is 89.0 Å². The highest BCUT2D eigenvalue weighted by Gasteiger charge is 2.44. The second kappa shape index (κ2) is 34.2. The molecule has 1 heterocycles. The van der Waals surface area contributed by atoms with Gasteiger partial charge in [0, 0.05) is 12.8 Å². The van der Waals surface area contributed by atoms with Crippen LogP contribution in [0.3, 0.4) is 0 Å². The molecule has 1 saturated heterocycles. The molecule has 10 nitrogen and oxygen atoms in total. The molecule has 1 aliphatic heterocycles. The summed E-state index contributed by atoms with van der Waals surface area (Å²) in [5.74, 6) is -0.794. The van der Waals surface area contributed by atoms with Crippen molar-refractivity contribution in [3.05, 3.63) is 0 Å². The van der Waals surface area contributed by atoms with Gasteiger partial charge in [-0.3, -0.25) is 9.59 Å². The van der Waals surface area contributed by atoms with Crippen molar-refractivity contribution < 1.29 is 49.0 Å². The molecular weight excluding hydrogens is 664 g/mol. The Labute approximate surface area is 317 Å². The fraction of sp³-hybridized carbons (Fsp3) is 0.952. The van der Waals surface area contributed by atoms with E-state index in [0.717, 1.165) is 38.5 Å². The van der Waals surface area contributed by atoms with Gasteiger partial charge in [0.2, 0.25) is 0 Å². The van der Waals surface area contributed by atoms with Gasteiger partial charge in [0.15, 0.2) is 12.4 Å². The Morgan fingerprint density at radius 3 is 1.31 bits per heavy atom. The minimum absolute atomic E-state index is 0.209. The summed E-state index contributed by atoms with van der Waals surface area (Å²) < 4.78 is 22.1. The summed E-state index contributed by atoms with van der Waals surface area (Å²) in [6.45, 7) is 3.44. The number of esters is 2. The molecule has 0 aliphatic carbocycles. The third-order valence-corrected chi connectivity index (χ3v) is 10.2. The van der Waals surface area contributed by atoms with Crippen LogP contribution in [0.5, 0.6) is 0 Å². The van der Waals surface area contributed by atoms with E-state index in [0.29, 0.717) is 6.42 Å². The highest BCUT2D eigenvalue weighted by atomic mass is 16.7. The highest BCUT2D eigenvalue weighted by Crippen LogP contribution is 2.23. The highest BCUT2D eigenvalue weighted by molar-refractivity contribution is 5.70. The molecule has 1 rings (SSSR count). The van der Waals surface area contributed by atoms with E-state index in [-0.39, 0.29) is 32.0 Å². The minimum atomic E-state index is -1.59. The van der Waals surface area contributed by atoms with Crippen molar-refractivity contribution in [3.8, 4) is 0 Å². The van der Waals surface area contributed by atoms with Gasteiger partial charge in [0.1, 0.15) is 31.0 Å². The lowest BCUT2D eigenvalue weighted by atomic mass is 9.99. The molecular formula is C42H80O10. The Hall–Kier alpha value is -1.30. The first-order chi connectivity index (χ1) is 25.3. The number of carbonyl (C=O) groups is 2. The minimum Gasteiger partial charge on any atom is -0.462 e. The summed E-state index contributed by atoms with van der Waals surface area (Å²) in [5, 5.41) is 40.0. The molecule has 308 valence electrons. The number of hydrogen-bond donors (Lipinski definition) is 4. The van der Waals surface area contributed by atoms with Crippen molar-refractivity contribution in [2.75, 3.05) is 19.8 Å². The standard InChI is InChI=1S/C42H80O10/c1-3-5-7-9-11-13-15-17-18-19-21-23-25-27-29-31-38(45)51-35(34-50-42-41(48)40(47)39(46)36(32-43)52-42)33-49-37(44)30-28-26-24-22-20-16-14-12-10-8-6-4-2/h35-36,39-43,46-48H,3-34H2,1-2H3. The smallest absolute Gasteiger partial charge is 0.306 e. The molecule has 0 aromatic carbocycles. The lowest BCUT2D eigenvalue weighted by molar-refractivity contribution is -0.305. The number of aliphatic hydroxyl groups is 4. The van der Waals surface area contributed by atoms with Gasteiger partial charge in [-0.2, -0.15) is 0 Å². The molecule has 0 bridgehead atoms. The second-order valence-corrected chi connectivity index (χ2v) is 15.2. The van der Waals surface area contributed by atoms with E-state index >= 15 is 0 Å². The van der Waals surface area contributed by atoms with Crippen molar-refractivity contribution in [1.82, 2.24) is 0 Å². The Morgan fingerprint density at radius 1 is 0.519 bits per heavy atom. The Morgan fingerprint density at radius 2 is 0.904 bits per heavy atom. The van der Waals surface area contributed by atoms with Crippen LogP contribution in [0.25, 0.3) is 0 Å². The van der Waals surface area contributed by atoms with Crippen LogP contribution in [0.1, 0.15) is 200 Å². The fourth-order valence-electron chi connectivity index (χ4n) is 6.78. The molecule has 52 heavy (non-hydrogen) atoms. The summed E-state index contributed by atoms with van der Waals surface area (Å²) in [4.78, 5) is 25.2. The van der Waals surface area contributed by atoms with Crippen LogP contribution in [0.15, 0.2) is 0 Å². The predicted octanol–water partition coefficient (Wildman–Crippen LogP) is 8.61. The topological polar surface area (TPSA) is 152 Å². The third kappa shape index (κ3) is 25.7. The Balaban J connectivity index is 2.33. The quantitative estimate of drug-likeness (QED) is 0.0363. The van der Waals surface area contributed by atoms with Crippen molar-refractivity contribution in [3.63, 3.8) is 0 Å². The molecule has 0 radical (unpaired) electrons. The van der Waals surface area contributed by atoms with Gasteiger partial charge in [-0.25, -0.2) is 0 Å². The molecule has 0 saturated carbocycles. The zero-order valence-corrected chi connectivity index (χ0v) is 33.3. The zero-order chi connectivity index (χ0) is 38.1. The van der Waals surface area contributed by atoms with Gasteiger partial charge >= 0.3 is 11.9 Å². The van der Waals surface area contributed by atoms with E-state index in [2.05, 4.69) is 13.8 Å². The van der Waals surface area contributed by atoms with Crippen LogP contribution in [-0.2, 0) is 28.5 Å². The average Bonchev–Trinajstić information content (AvgIpc) is 3.14. The number of rotatable bonds is 36. The molecule has 6 atom stereocenters. The summed E-state index contributed by atoms with van der Waals surface area (Å²) >= 11 is 0. The maximum atomic E-state index is 12.7. The zero-order valence-electron chi connectivity index (χ0n) is 33.3. The van der Waals surface area contributed by atoms with Crippen molar-refractivity contribution in [1.29, 1.82) is 0 Å². The van der Waals surface area contributed by atoms with Crippen LogP contribution >= 0.6 is 0 Å². The van der Waals surface area contributed by atoms with Crippen molar-refractivity contribution in [2.45, 2.75) is 237 Å². The van der Waals surface area contributed by atoms with E-state index in [1.165, 1.54) is 128 Å². The van der Waals surface area contributed by atoms with Gasteiger partial charge in [-0.15, -0.1) is 0 Å². The van der Waals surface area contributed by atoms with Gasteiger partial charge in [0.05, 0.1) is 13.2 Å². The summed E-state index contributed by atoms with van der Waals surface area (Å²) in [6.07, 6.45) is 25.3. The molecule has 0 aromatic heterocycles. The average molecular weight is 745 g/mol. The van der Waals surface area contributed by atoms with Crippen molar-refractivity contribution >= 4 is 11.9 Å². The Bertz CT molecular complexity index is 825. The first-order valence-electron chi connectivity index (χ1n) is 21.6.